The van der Waals surface area contributed by atoms with Crippen molar-refractivity contribution < 1.29 is 14.6 Å². The van der Waals surface area contributed by atoms with Crippen molar-refractivity contribution in [3.8, 4) is 0 Å². The molecule has 1 fully saturated rings. The summed E-state index contributed by atoms with van der Waals surface area (Å²) in [6.45, 7) is 10.3. The van der Waals surface area contributed by atoms with Crippen LogP contribution in [-0.2, 0) is 4.74 Å². The van der Waals surface area contributed by atoms with Gasteiger partial charge in [-0.05, 0) is 40.5 Å². The molecule has 1 amide bonds. The highest BCUT2D eigenvalue weighted by atomic mass is 16.6. The highest BCUT2D eigenvalue weighted by molar-refractivity contribution is 5.68. The lowest BCUT2D eigenvalue weighted by atomic mass is 9.80. The van der Waals surface area contributed by atoms with Gasteiger partial charge in [0.25, 0.3) is 0 Å². The van der Waals surface area contributed by atoms with Gasteiger partial charge >= 0.3 is 6.09 Å². The van der Waals surface area contributed by atoms with Crippen LogP contribution >= 0.6 is 0 Å². The summed E-state index contributed by atoms with van der Waals surface area (Å²) in [4.78, 5) is 13.8. The number of nitrogens with zero attached hydrogens (tertiary/aromatic N) is 1. The fraction of sp³-hybridized carbons (Fsp3) is 0.923. The summed E-state index contributed by atoms with van der Waals surface area (Å²) in [6, 6.07) is 0.185. The molecule has 2 unspecified atom stereocenters. The Morgan fingerprint density at radius 2 is 2.12 bits per heavy atom. The van der Waals surface area contributed by atoms with Gasteiger partial charge in [0, 0.05) is 18.0 Å². The van der Waals surface area contributed by atoms with Crippen molar-refractivity contribution in [3.63, 3.8) is 0 Å². The first-order valence-electron chi connectivity index (χ1n) is 6.27. The molecule has 0 aromatic rings. The lowest BCUT2D eigenvalue weighted by Gasteiger charge is -2.43. The third kappa shape index (κ3) is 3.87. The van der Waals surface area contributed by atoms with E-state index >= 15 is 0 Å². The minimum atomic E-state index is -0.468. The van der Waals surface area contributed by atoms with Crippen molar-refractivity contribution in [3.05, 3.63) is 0 Å². The Morgan fingerprint density at radius 3 is 2.59 bits per heavy atom. The number of aliphatic hydroxyl groups excluding tert-OH is 1. The number of piperidine rings is 1. The van der Waals surface area contributed by atoms with Gasteiger partial charge in [-0.3, -0.25) is 0 Å². The van der Waals surface area contributed by atoms with Crippen LogP contribution in [0, 0.1) is 5.41 Å². The van der Waals surface area contributed by atoms with E-state index in [1.165, 1.54) is 0 Å². The minimum absolute atomic E-state index is 0.110. The van der Waals surface area contributed by atoms with Gasteiger partial charge in [0.1, 0.15) is 5.60 Å². The van der Waals surface area contributed by atoms with Crippen molar-refractivity contribution in [2.75, 3.05) is 13.2 Å². The molecule has 1 heterocycles. The quantitative estimate of drug-likeness (QED) is 0.769. The number of amides is 1. The largest absolute Gasteiger partial charge is 0.444 e. The summed E-state index contributed by atoms with van der Waals surface area (Å²) in [7, 11) is 0. The van der Waals surface area contributed by atoms with Crippen LogP contribution in [0.3, 0.4) is 0 Å². The highest BCUT2D eigenvalue weighted by Gasteiger charge is 2.38. The summed E-state index contributed by atoms with van der Waals surface area (Å²) in [5.74, 6) is 0. The van der Waals surface area contributed by atoms with Crippen LogP contribution in [0.25, 0.3) is 0 Å². The topological polar surface area (TPSA) is 49.8 Å². The third-order valence-corrected chi connectivity index (χ3v) is 3.26. The molecule has 100 valence electrons. The third-order valence-electron chi connectivity index (χ3n) is 3.26. The number of aliphatic hydroxyl groups is 1. The number of rotatable bonds is 1. The number of carbonyl (C=O) groups is 1. The molecule has 4 nitrogen and oxygen atoms in total. The van der Waals surface area contributed by atoms with Crippen molar-refractivity contribution in [1.82, 2.24) is 4.90 Å². The average Bonchev–Trinajstić information content (AvgIpc) is 2.19. The molecule has 1 N–H and O–H groups in total. The predicted octanol–water partition coefficient (Wildman–Crippen LogP) is 2.40. The molecule has 0 aromatic carbocycles. The number of hydrogen-bond donors (Lipinski definition) is 1. The van der Waals surface area contributed by atoms with Crippen LogP contribution in [-0.4, -0.2) is 40.9 Å². The molecular formula is C13H25NO3. The zero-order valence-electron chi connectivity index (χ0n) is 11.6. The van der Waals surface area contributed by atoms with E-state index in [1.54, 1.807) is 4.90 Å². The van der Waals surface area contributed by atoms with Gasteiger partial charge < -0.3 is 14.7 Å². The maximum absolute atomic E-state index is 12.0. The number of ether oxygens (including phenoxy) is 1. The van der Waals surface area contributed by atoms with E-state index in [1.807, 2.05) is 34.6 Å². The summed E-state index contributed by atoms with van der Waals surface area (Å²) < 4.78 is 5.39. The first kappa shape index (κ1) is 14.3. The Bertz CT molecular complexity index is 285. The first-order valence-corrected chi connectivity index (χ1v) is 6.27. The zero-order valence-corrected chi connectivity index (χ0v) is 11.6. The molecule has 0 aromatic heterocycles. The summed E-state index contributed by atoms with van der Waals surface area (Å²) in [5.41, 5.74) is -0.659. The van der Waals surface area contributed by atoms with Crippen LogP contribution in [0.4, 0.5) is 4.79 Å². The van der Waals surface area contributed by atoms with Gasteiger partial charge in [-0.15, -0.1) is 0 Å². The smallest absolute Gasteiger partial charge is 0.410 e. The molecule has 0 aliphatic carbocycles. The van der Waals surface area contributed by atoms with E-state index in [0.29, 0.717) is 6.54 Å². The summed E-state index contributed by atoms with van der Waals surface area (Å²) in [5, 5.41) is 9.39. The maximum atomic E-state index is 12.0. The van der Waals surface area contributed by atoms with Crippen LogP contribution in [0.15, 0.2) is 0 Å². The SMILES string of the molecule is CC1CCC(C)(CO)CN1C(=O)OC(C)(C)C. The van der Waals surface area contributed by atoms with Gasteiger partial charge in [0.05, 0.1) is 6.61 Å². The van der Waals surface area contributed by atoms with Gasteiger partial charge in [-0.1, -0.05) is 6.92 Å². The molecule has 0 saturated carbocycles. The number of likely N-dealkylation sites (tertiary alicyclic amines) is 1. The van der Waals surface area contributed by atoms with E-state index in [2.05, 4.69) is 0 Å². The maximum Gasteiger partial charge on any atom is 0.410 e. The van der Waals surface area contributed by atoms with Gasteiger partial charge in [0.15, 0.2) is 0 Å². The van der Waals surface area contributed by atoms with E-state index < -0.39 is 5.60 Å². The van der Waals surface area contributed by atoms with Crippen LogP contribution < -0.4 is 0 Å². The Labute approximate surface area is 104 Å². The van der Waals surface area contributed by atoms with Crippen LogP contribution in [0.5, 0.6) is 0 Å². The molecular weight excluding hydrogens is 218 g/mol. The van der Waals surface area contributed by atoms with Crippen LogP contribution in [0.2, 0.25) is 0 Å². The van der Waals surface area contributed by atoms with Crippen molar-refractivity contribution >= 4 is 6.09 Å². The van der Waals surface area contributed by atoms with E-state index in [0.717, 1.165) is 12.8 Å². The van der Waals surface area contributed by atoms with E-state index in [9.17, 15) is 9.90 Å². The molecule has 0 bridgehead atoms. The monoisotopic (exact) mass is 243 g/mol. The molecule has 2 atom stereocenters. The van der Waals surface area contributed by atoms with Gasteiger partial charge in [-0.2, -0.15) is 0 Å². The Kier molecular flexibility index (Phi) is 4.07. The number of carbonyl (C=O) groups excluding carboxylic acids is 1. The normalized spacial score (nSPS) is 30.2. The van der Waals surface area contributed by atoms with Crippen LogP contribution in [0.1, 0.15) is 47.5 Å². The molecule has 0 spiro atoms. The van der Waals surface area contributed by atoms with E-state index in [-0.39, 0.29) is 24.2 Å². The lowest BCUT2D eigenvalue weighted by molar-refractivity contribution is -0.0187. The molecule has 1 aliphatic rings. The summed E-state index contributed by atoms with van der Waals surface area (Å²) in [6.07, 6.45) is 1.59. The molecule has 0 radical (unpaired) electrons. The fourth-order valence-corrected chi connectivity index (χ4v) is 2.05. The molecule has 1 rings (SSSR count). The minimum Gasteiger partial charge on any atom is -0.444 e. The van der Waals surface area contributed by atoms with E-state index in [4.69, 9.17) is 4.74 Å². The van der Waals surface area contributed by atoms with Crippen molar-refractivity contribution in [1.29, 1.82) is 0 Å². The zero-order chi connectivity index (χ0) is 13.3. The Balaban J connectivity index is 2.70. The second kappa shape index (κ2) is 4.84. The lowest BCUT2D eigenvalue weighted by Crippen LogP contribution is -2.52. The molecule has 4 heteroatoms. The number of hydrogen-bond acceptors (Lipinski definition) is 3. The summed E-state index contributed by atoms with van der Waals surface area (Å²) >= 11 is 0. The van der Waals surface area contributed by atoms with Crippen molar-refractivity contribution in [2.24, 2.45) is 5.41 Å². The Hall–Kier alpha value is -0.770. The highest BCUT2D eigenvalue weighted by Crippen LogP contribution is 2.32. The van der Waals surface area contributed by atoms with Gasteiger partial charge in [0.2, 0.25) is 0 Å². The molecule has 1 aliphatic heterocycles. The van der Waals surface area contributed by atoms with Crippen molar-refractivity contribution in [2.45, 2.75) is 59.1 Å². The average molecular weight is 243 g/mol. The van der Waals surface area contributed by atoms with Gasteiger partial charge in [-0.25, -0.2) is 4.79 Å². The standard InChI is InChI=1S/C13H25NO3/c1-10-6-7-13(5,9-15)8-14(10)11(16)17-12(2,3)4/h10,15H,6-9H2,1-5H3. The Morgan fingerprint density at radius 1 is 1.53 bits per heavy atom. The molecule has 17 heavy (non-hydrogen) atoms. The fourth-order valence-electron chi connectivity index (χ4n) is 2.05. The first-order chi connectivity index (χ1) is 7.67. The molecule has 1 saturated heterocycles. The predicted molar refractivity (Wildman–Crippen MR) is 66.8 cm³/mol. The second-order valence-corrected chi connectivity index (χ2v) is 6.46. The second-order valence-electron chi connectivity index (χ2n) is 6.46.